The minimum absolute atomic E-state index is 0.203. The van der Waals surface area contributed by atoms with Crippen LogP contribution in [0.3, 0.4) is 0 Å². The van der Waals surface area contributed by atoms with Crippen LogP contribution in [0.1, 0.15) is 95.0 Å². The van der Waals surface area contributed by atoms with Crippen LogP contribution in [-0.2, 0) is 16.0 Å². The fraction of sp³-hybridized carbons (Fsp3) is 0.531. The maximum Gasteiger partial charge on any atom is 0.347 e. The lowest BCUT2D eigenvalue weighted by Gasteiger charge is -2.25. The van der Waals surface area contributed by atoms with Crippen molar-refractivity contribution < 1.29 is 29.0 Å². The molecule has 0 bridgehead atoms. The van der Waals surface area contributed by atoms with Crippen LogP contribution in [0, 0.1) is 0 Å². The van der Waals surface area contributed by atoms with Gasteiger partial charge in [0.2, 0.25) is 5.60 Å². The van der Waals surface area contributed by atoms with E-state index in [1.165, 1.54) is 6.42 Å². The second kappa shape index (κ2) is 17.2. The molecule has 2 aromatic rings. The summed E-state index contributed by atoms with van der Waals surface area (Å²) in [5, 5.41) is 12.5. The number of nitrogens with zero attached hydrogens (tertiary/aromatic N) is 1. The topological polar surface area (TPSA) is 105 Å². The molecule has 2 rings (SSSR count). The summed E-state index contributed by atoms with van der Waals surface area (Å²) >= 11 is 0. The summed E-state index contributed by atoms with van der Waals surface area (Å²) in [6, 6.07) is 13.9. The monoisotopic (exact) mass is 554 g/mol. The number of ether oxygens (including phenoxy) is 2. The van der Waals surface area contributed by atoms with Gasteiger partial charge in [-0.25, -0.2) is 14.4 Å². The lowest BCUT2D eigenvalue weighted by molar-refractivity contribution is -0.154. The van der Waals surface area contributed by atoms with Crippen molar-refractivity contribution in [3.63, 3.8) is 0 Å². The zero-order valence-corrected chi connectivity index (χ0v) is 24.5. The first-order chi connectivity index (χ1) is 19.2. The predicted molar refractivity (Wildman–Crippen MR) is 158 cm³/mol. The smallest absolute Gasteiger partial charge is 0.347 e. The minimum atomic E-state index is -1.30. The van der Waals surface area contributed by atoms with Crippen molar-refractivity contribution in [2.75, 3.05) is 25.0 Å². The summed E-state index contributed by atoms with van der Waals surface area (Å²) in [6.45, 7) is 9.07. The summed E-state index contributed by atoms with van der Waals surface area (Å²) in [7, 11) is 0. The molecule has 40 heavy (non-hydrogen) atoms. The van der Waals surface area contributed by atoms with Crippen LogP contribution in [-0.4, -0.2) is 53.3 Å². The van der Waals surface area contributed by atoms with Gasteiger partial charge in [-0.2, -0.15) is 0 Å². The van der Waals surface area contributed by atoms with Crippen LogP contribution >= 0.6 is 0 Å². The number of carbonyl (C=O) groups is 3. The molecule has 2 N–H and O–H groups in total. The number of esters is 1. The van der Waals surface area contributed by atoms with Crippen LogP contribution < -0.4 is 10.1 Å². The van der Waals surface area contributed by atoms with Gasteiger partial charge in [-0.1, -0.05) is 65.0 Å². The Balaban J connectivity index is 2.05. The van der Waals surface area contributed by atoms with Gasteiger partial charge in [0.1, 0.15) is 5.75 Å². The molecule has 0 aromatic heterocycles. The number of benzene rings is 2. The molecule has 0 radical (unpaired) electrons. The van der Waals surface area contributed by atoms with Crippen molar-refractivity contribution in [2.45, 2.75) is 91.1 Å². The van der Waals surface area contributed by atoms with Gasteiger partial charge in [0.25, 0.3) is 0 Å². The third kappa shape index (κ3) is 10.9. The molecule has 0 saturated heterocycles. The van der Waals surface area contributed by atoms with Crippen molar-refractivity contribution in [1.82, 2.24) is 4.90 Å². The van der Waals surface area contributed by atoms with Crippen LogP contribution in [0.15, 0.2) is 48.5 Å². The van der Waals surface area contributed by atoms with E-state index in [4.69, 9.17) is 9.47 Å². The number of hydrogen-bond donors (Lipinski definition) is 2. The number of amides is 2. The molecule has 2 aromatic carbocycles. The number of aliphatic carboxylic acids is 1. The highest BCUT2D eigenvalue weighted by molar-refractivity contribution is 5.92. The number of anilines is 1. The molecule has 0 spiro atoms. The number of hydrogen-bond acceptors (Lipinski definition) is 5. The summed E-state index contributed by atoms with van der Waals surface area (Å²) in [6.07, 6.45) is 8.15. The van der Waals surface area contributed by atoms with E-state index in [-0.39, 0.29) is 12.0 Å². The molecule has 8 heteroatoms. The molecule has 0 heterocycles. The average molecular weight is 555 g/mol. The first-order valence-electron chi connectivity index (χ1n) is 14.6. The second-order valence-corrected chi connectivity index (χ2v) is 10.3. The fourth-order valence-electron chi connectivity index (χ4n) is 4.06. The number of carboxylic acids is 1. The SMILES string of the molecule is CCCCCCCN(CCc1cccc(OC(C)(CC)C(=O)O)c1)C(=O)Nc1ccc(C(=O)OCCCC)cc1. The highest BCUT2D eigenvalue weighted by Crippen LogP contribution is 2.23. The number of urea groups is 1. The van der Waals surface area contributed by atoms with Gasteiger partial charge in [-0.15, -0.1) is 0 Å². The highest BCUT2D eigenvalue weighted by atomic mass is 16.5. The van der Waals surface area contributed by atoms with Gasteiger partial charge in [-0.3, -0.25) is 0 Å². The Hall–Kier alpha value is -3.55. The molecule has 2 amide bonds. The van der Waals surface area contributed by atoms with Crippen molar-refractivity contribution in [2.24, 2.45) is 0 Å². The maximum atomic E-state index is 13.2. The number of carboxylic acid groups (broad SMARTS) is 1. The molecule has 0 fully saturated rings. The van der Waals surface area contributed by atoms with Gasteiger partial charge in [-0.05, 0) is 74.6 Å². The summed E-state index contributed by atoms with van der Waals surface area (Å²) in [5.41, 5.74) is 0.710. The number of unbranched alkanes of at least 4 members (excludes halogenated alkanes) is 5. The zero-order chi connectivity index (χ0) is 29.4. The quantitative estimate of drug-likeness (QED) is 0.148. The van der Waals surface area contributed by atoms with E-state index < -0.39 is 11.6 Å². The van der Waals surface area contributed by atoms with E-state index in [1.807, 2.05) is 25.1 Å². The van der Waals surface area contributed by atoms with Gasteiger partial charge < -0.3 is 24.8 Å². The van der Waals surface area contributed by atoms with Crippen molar-refractivity contribution >= 4 is 23.7 Å². The normalized spacial score (nSPS) is 12.3. The van der Waals surface area contributed by atoms with E-state index >= 15 is 0 Å². The van der Waals surface area contributed by atoms with Crippen molar-refractivity contribution in [3.8, 4) is 5.75 Å². The van der Waals surface area contributed by atoms with Crippen molar-refractivity contribution in [1.29, 1.82) is 0 Å². The lowest BCUT2D eigenvalue weighted by atomic mass is 10.0. The molecule has 1 unspecified atom stereocenters. The molecule has 0 aliphatic rings. The van der Waals surface area contributed by atoms with Crippen LogP contribution in [0.2, 0.25) is 0 Å². The molecule has 0 aliphatic heterocycles. The fourth-order valence-corrected chi connectivity index (χ4v) is 4.06. The molecule has 1 atom stereocenters. The molecule has 8 nitrogen and oxygen atoms in total. The molecular formula is C32H46N2O6. The Labute approximate surface area is 239 Å². The maximum absolute atomic E-state index is 13.2. The Kier molecular flexibility index (Phi) is 14.0. The first-order valence-corrected chi connectivity index (χ1v) is 14.6. The average Bonchev–Trinajstić information content (AvgIpc) is 2.95. The van der Waals surface area contributed by atoms with Crippen LogP contribution in [0.5, 0.6) is 5.75 Å². The van der Waals surface area contributed by atoms with Gasteiger partial charge in [0.05, 0.1) is 12.2 Å². The first kappa shape index (κ1) is 32.7. The minimum Gasteiger partial charge on any atom is -0.478 e. The number of rotatable bonds is 18. The molecule has 220 valence electrons. The standard InChI is InChI=1S/C32H46N2O6/c1-5-8-10-11-12-21-34(22-20-25-14-13-15-28(24-25)40-32(4,7-3)30(36)37)31(38)33-27-18-16-26(17-19-27)29(35)39-23-9-6-2/h13-19,24H,5-12,20-23H2,1-4H3,(H,33,38)(H,36,37). The van der Waals surface area contributed by atoms with Gasteiger partial charge in [0, 0.05) is 18.8 Å². The Morgan fingerprint density at radius 2 is 1.60 bits per heavy atom. The van der Waals surface area contributed by atoms with E-state index in [9.17, 15) is 19.5 Å². The molecular weight excluding hydrogens is 508 g/mol. The van der Waals surface area contributed by atoms with Crippen LogP contribution in [0.25, 0.3) is 0 Å². The third-order valence-electron chi connectivity index (χ3n) is 6.96. The van der Waals surface area contributed by atoms with E-state index in [2.05, 4.69) is 12.2 Å². The summed E-state index contributed by atoms with van der Waals surface area (Å²) < 4.78 is 11.1. The molecule has 0 saturated carbocycles. The Bertz CT molecular complexity index is 1070. The molecule has 0 aliphatic carbocycles. The van der Waals surface area contributed by atoms with Gasteiger partial charge in [0.15, 0.2) is 0 Å². The second-order valence-electron chi connectivity index (χ2n) is 10.3. The Morgan fingerprint density at radius 3 is 2.25 bits per heavy atom. The highest BCUT2D eigenvalue weighted by Gasteiger charge is 2.33. The zero-order valence-electron chi connectivity index (χ0n) is 24.5. The predicted octanol–water partition coefficient (Wildman–Crippen LogP) is 7.32. The van der Waals surface area contributed by atoms with Gasteiger partial charge >= 0.3 is 18.0 Å². The summed E-state index contributed by atoms with van der Waals surface area (Å²) in [5.74, 6) is -0.880. The lowest BCUT2D eigenvalue weighted by Crippen LogP contribution is -2.40. The largest absolute Gasteiger partial charge is 0.478 e. The third-order valence-corrected chi connectivity index (χ3v) is 6.96. The van der Waals surface area contributed by atoms with Crippen LogP contribution in [0.4, 0.5) is 10.5 Å². The van der Waals surface area contributed by atoms with E-state index in [0.717, 1.165) is 44.1 Å². The Morgan fingerprint density at radius 1 is 0.900 bits per heavy atom. The summed E-state index contributed by atoms with van der Waals surface area (Å²) in [4.78, 5) is 38.9. The number of nitrogens with one attached hydrogen (secondary N) is 1. The van der Waals surface area contributed by atoms with Crippen molar-refractivity contribution in [3.05, 3.63) is 59.7 Å². The number of carbonyl (C=O) groups excluding carboxylic acids is 2. The van der Waals surface area contributed by atoms with E-state index in [1.54, 1.807) is 49.1 Å². The van der Waals surface area contributed by atoms with E-state index in [0.29, 0.717) is 49.5 Å².